The SMILES string of the molecule is C=CCNc1nccc(Nc2cc(OC)c(OC)c(OC)c2)n1. The first-order valence-electron chi connectivity index (χ1n) is 6.96. The molecule has 23 heavy (non-hydrogen) atoms. The fourth-order valence-electron chi connectivity index (χ4n) is 1.98. The summed E-state index contributed by atoms with van der Waals surface area (Å²) in [6.07, 6.45) is 3.40. The average molecular weight is 316 g/mol. The van der Waals surface area contributed by atoms with Gasteiger partial charge in [0.2, 0.25) is 11.7 Å². The third kappa shape index (κ3) is 4.03. The zero-order valence-electron chi connectivity index (χ0n) is 13.4. The molecule has 2 aromatic rings. The van der Waals surface area contributed by atoms with Crippen LogP contribution in [0.5, 0.6) is 17.2 Å². The predicted molar refractivity (Wildman–Crippen MR) is 90.1 cm³/mol. The molecule has 0 spiro atoms. The van der Waals surface area contributed by atoms with E-state index in [0.717, 1.165) is 5.69 Å². The molecule has 2 rings (SSSR count). The molecule has 0 aliphatic rings. The van der Waals surface area contributed by atoms with E-state index >= 15 is 0 Å². The Morgan fingerprint density at radius 1 is 1.13 bits per heavy atom. The van der Waals surface area contributed by atoms with Gasteiger partial charge >= 0.3 is 0 Å². The van der Waals surface area contributed by atoms with Gasteiger partial charge in [-0.25, -0.2) is 4.98 Å². The lowest BCUT2D eigenvalue weighted by Gasteiger charge is -2.15. The van der Waals surface area contributed by atoms with Gasteiger partial charge in [0.1, 0.15) is 5.82 Å². The fraction of sp³-hybridized carbons (Fsp3) is 0.250. The molecule has 0 amide bonds. The molecule has 1 aromatic heterocycles. The molecule has 122 valence electrons. The Bertz CT molecular complexity index is 651. The third-order valence-corrected chi connectivity index (χ3v) is 3.00. The highest BCUT2D eigenvalue weighted by molar-refractivity contribution is 5.66. The summed E-state index contributed by atoms with van der Waals surface area (Å²) in [5, 5.41) is 6.22. The van der Waals surface area contributed by atoms with E-state index in [9.17, 15) is 0 Å². The normalized spacial score (nSPS) is 9.87. The van der Waals surface area contributed by atoms with E-state index in [-0.39, 0.29) is 0 Å². The van der Waals surface area contributed by atoms with E-state index in [0.29, 0.717) is 35.6 Å². The lowest BCUT2D eigenvalue weighted by molar-refractivity contribution is 0.324. The second-order valence-electron chi connectivity index (χ2n) is 4.47. The quantitative estimate of drug-likeness (QED) is 0.725. The van der Waals surface area contributed by atoms with Crippen molar-refractivity contribution in [1.82, 2.24) is 9.97 Å². The maximum Gasteiger partial charge on any atom is 0.224 e. The third-order valence-electron chi connectivity index (χ3n) is 3.00. The van der Waals surface area contributed by atoms with Crippen LogP contribution in [-0.2, 0) is 0 Å². The minimum absolute atomic E-state index is 0.516. The van der Waals surface area contributed by atoms with Crippen molar-refractivity contribution in [2.24, 2.45) is 0 Å². The van der Waals surface area contributed by atoms with E-state index in [4.69, 9.17) is 14.2 Å². The maximum atomic E-state index is 5.33. The number of benzene rings is 1. The van der Waals surface area contributed by atoms with Gasteiger partial charge in [-0.3, -0.25) is 0 Å². The summed E-state index contributed by atoms with van der Waals surface area (Å²) in [7, 11) is 4.71. The van der Waals surface area contributed by atoms with Crippen molar-refractivity contribution in [3.05, 3.63) is 37.1 Å². The number of aromatic nitrogens is 2. The molecule has 0 aliphatic carbocycles. The van der Waals surface area contributed by atoms with Crippen LogP contribution in [0.2, 0.25) is 0 Å². The minimum Gasteiger partial charge on any atom is -0.493 e. The van der Waals surface area contributed by atoms with Gasteiger partial charge in [-0.05, 0) is 6.07 Å². The Hall–Kier alpha value is -2.96. The largest absolute Gasteiger partial charge is 0.493 e. The summed E-state index contributed by atoms with van der Waals surface area (Å²) >= 11 is 0. The van der Waals surface area contributed by atoms with Crippen LogP contribution in [0.3, 0.4) is 0 Å². The molecule has 1 heterocycles. The standard InChI is InChI=1S/C16H20N4O3/c1-5-7-17-16-18-8-6-14(20-16)19-11-9-12(21-2)15(23-4)13(10-11)22-3/h5-6,8-10H,1,7H2,2-4H3,(H2,17,18,19,20). The first-order valence-corrected chi connectivity index (χ1v) is 6.96. The molecule has 7 nitrogen and oxygen atoms in total. The fourth-order valence-corrected chi connectivity index (χ4v) is 1.98. The van der Waals surface area contributed by atoms with Crippen LogP contribution in [0.15, 0.2) is 37.1 Å². The minimum atomic E-state index is 0.516. The highest BCUT2D eigenvalue weighted by Crippen LogP contribution is 2.40. The predicted octanol–water partition coefficient (Wildman–Crippen LogP) is 2.84. The monoisotopic (exact) mass is 316 g/mol. The number of hydrogen-bond acceptors (Lipinski definition) is 7. The lowest BCUT2D eigenvalue weighted by atomic mass is 10.2. The van der Waals surface area contributed by atoms with Crippen LogP contribution in [0.1, 0.15) is 0 Å². The van der Waals surface area contributed by atoms with Gasteiger partial charge in [0.05, 0.1) is 21.3 Å². The first kappa shape index (κ1) is 16.4. The Morgan fingerprint density at radius 2 is 1.83 bits per heavy atom. The van der Waals surface area contributed by atoms with E-state index < -0.39 is 0 Å². The van der Waals surface area contributed by atoms with Gasteiger partial charge in [-0.1, -0.05) is 6.08 Å². The van der Waals surface area contributed by atoms with Crippen LogP contribution < -0.4 is 24.8 Å². The Balaban J connectivity index is 2.27. The Kier molecular flexibility index (Phi) is 5.62. The second-order valence-corrected chi connectivity index (χ2v) is 4.47. The van der Waals surface area contributed by atoms with Crippen LogP contribution in [-0.4, -0.2) is 37.8 Å². The van der Waals surface area contributed by atoms with E-state index in [1.165, 1.54) is 0 Å². The molecule has 0 atom stereocenters. The van der Waals surface area contributed by atoms with Gasteiger partial charge in [0.25, 0.3) is 0 Å². The topological polar surface area (TPSA) is 77.5 Å². The van der Waals surface area contributed by atoms with Crippen molar-refractivity contribution in [3.8, 4) is 17.2 Å². The summed E-state index contributed by atoms with van der Waals surface area (Å²) in [6, 6.07) is 5.38. The van der Waals surface area contributed by atoms with Crippen LogP contribution in [0.25, 0.3) is 0 Å². The lowest BCUT2D eigenvalue weighted by Crippen LogP contribution is -2.04. The zero-order chi connectivity index (χ0) is 16.7. The number of ether oxygens (including phenoxy) is 3. The molecule has 0 radical (unpaired) electrons. The van der Waals surface area contributed by atoms with Gasteiger partial charge in [0.15, 0.2) is 11.5 Å². The number of methoxy groups -OCH3 is 3. The first-order chi connectivity index (χ1) is 11.2. The number of hydrogen-bond donors (Lipinski definition) is 2. The number of nitrogens with zero attached hydrogens (tertiary/aromatic N) is 2. The summed E-state index contributed by atoms with van der Waals surface area (Å²) in [5.41, 5.74) is 0.757. The summed E-state index contributed by atoms with van der Waals surface area (Å²) in [5.74, 6) is 2.82. The summed E-state index contributed by atoms with van der Waals surface area (Å²) < 4.78 is 16.0. The van der Waals surface area contributed by atoms with Crippen molar-refractivity contribution in [2.75, 3.05) is 38.5 Å². The van der Waals surface area contributed by atoms with Crippen molar-refractivity contribution < 1.29 is 14.2 Å². The van der Waals surface area contributed by atoms with Gasteiger partial charge in [-0.15, -0.1) is 6.58 Å². The molecule has 2 N–H and O–H groups in total. The molecule has 0 fully saturated rings. The van der Waals surface area contributed by atoms with Crippen LogP contribution in [0, 0.1) is 0 Å². The van der Waals surface area contributed by atoms with Crippen molar-refractivity contribution >= 4 is 17.5 Å². The van der Waals surface area contributed by atoms with Crippen molar-refractivity contribution in [2.45, 2.75) is 0 Å². The smallest absolute Gasteiger partial charge is 0.224 e. The average Bonchev–Trinajstić information content (AvgIpc) is 2.59. The molecule has 1 aromatic carbocycles. The highest BCUT2D eigenvalue weighted by Gasteiger charge is 2.13. The number of rotatable bonds is 8. The molecule has 7 heteroatoms. The maximum absolute atomic E-state index is 5.33. The second kappa shape index (κ2) is 7.88. The van der Waals surface area contributed by atoms with Gasteiger partial charge < -0.3 is 24.8 Å². The van der Waals surface area contributed by atoms with E-state index in [2.05, 4.69) is 27.2 Å². The number of anilines is 3. The molecule has 0 saturated carbocycles. The summed E-state index contributed by atoms with van der Waals surface area (Å²) in [6.45, 7) is 4.24. The zero-order valence-corrected chi connectivity index (χ0v) is 13.4. The van der Waals surface area contributed by atoms with Crippen LogP contribution >= 0.6 is 0 Å². The highest BCUT2D eigenvalue weighted by atomic mass is 16.5. The van der Waals surface area contributed by atoms with Gasteiger partial charge in [-0.2, -0.15) is 4.98 Å². The molecular weight excluding hydrogens is 296 g/mol. The molecule has 0 saturated heterocycles. The van der Waals surface area contributed by atoms with Crippen LogP contribution in [0.4, 0.5) is 17.5 Å². The van der Waals surface area contributed by atoms with Gasteiger partial charge in [0, 0.05) is 30.6 Å². The number of nitrogens with one attached hydrogen (secondary N) is 2. The van der Waals surface area contributed by atoms with E-state index in [1.807, 2.05) is 0 Å². The van der Waals surface area contributed by atoms with Crippen molar-refractivity contribution in [1.29, 1.82) is 0 Å². The van der Waals surface area contributed by atoms with Crippen molar-refractivity contribution in [3.63, 3.8) is 0 Å². The Labute approximate surface area is 135 Å². The van der Waals surface area contributed by atoms with E-state index in [1.54, 1.807) is 51.8 Å². The molecule has 0 unspecified atom stereocenters. The molecule has 0 aliphatic heterocycles. The summed E-state index contributed by atoms with van der Waals surface area (Å²) in [4.78, 5) is 8.50. The molecular formula is C16H20N4O3. The Morgan fingerprint density at radius 3 is 2.39 bits per heavy atom. The molecule has 0 bridgehead atoms.